The molecule has 164 valence electrons. The van der Waals surface area contributed by atoms with E-state index in [9.17, 15) is 4.79 Å². The summed E-state index contributed by atoms with van der Waals surface area (Å²) in [5.41, 5.74) is 2.56. The van der Waals surface area contributed by atoms with Crippen LogP contribution in [-0.4, -0.2) is 38.3 Å². The highest BCUT2D eigenvalue weighted by Crippen LogP contribution is 2.43. The van der Waals surface area contributed by atoms with Crippen molar-refractivity contribution >= 4 is 23.0 Å². The number of carbonyl (C=O) groups excluding carboxylic acids is 1. The first-order valence-electron chi connectivity index (χ1n) is 9.95. The number of hydrogen-bond acceptors (Lipinski definition) is 5. The monoisotopic (exact) mass is 430 g/mol. The number of fused-ring (bicyclic) bond motifs is 1. The number of benzene rings is 1. The molecule has 0 unspecified atom stereocenters. The fraction of sp³-hybridized carbons (Fsp3) is 0.364. The number of nitrogens with zero attached hydrogens (tertiary/aromatic N) is 3. The molecule has 9 heteroatoms. The van der Waals surface area contributed by atoms with Gasteiger partial charge in [-0.05, 0) is 31.4 Å². The number of amides is 2. The van der Waals surface area contributed by atoms with Crippen LogP contribution >= 0.6 is 0 Å². The Kier molecular flexibility index (Phi) is 5.43. The molecule has 1 fully saturated rings. The summed E-state index contributed by atoms with van der Waals surface area (Å²) in [5.74, 6) is -2.31. The van der Waals surface area contributed by atoms with E-state index in [2.05, 4.69) is 10.3 Å². The van der Waals surface area contributed by atoms with Gasteiger partial charge in [-0.2, -0.15) is 0 Å². The van der Waals surface area contributed by atoms with Gasteiger partial charge in [0.25, 0.3) is 0 Å². The lowest BCUT2D eigenvalue weighted by molar-refractivity contribution is 0.249. The van der Waals surface area contributed by atoms with Gasteiger partial charge >= 0.3 is 6.03 Å². The zero-order chi connectivity index (χ0) is 22.3. The topological polar surface area (TPSA) is 66.9 Å². The molecule has 1 aliphatic heterocycles. The molecule has 0 bridgehead atoms. The van der Waals surface area contributed by atoms with Gasteiger partial charge in [0.05, 0.1) is 32.1 Å². The molecular weight excluding hydrogens is 406 g/mol. The van der Waals surface area contributed by atoms with Gasteiger partial charge in [-0.1, -0.05) is 0 Å². The molecule has 31 heavy (non-hydrogen) atoms. The third kappa shape index (κ3) is 3.54. The van der Waals surface area contributed by atoms with Gasteiger partial charge in [-0.3, -0.25) is 14.8 Å². The number of pyridine rings is 1. The zero-order valence-corrected chi connectivity index (χ0v) is 17.8. The average molecular weight is 430 g/mol. The number of aromatic nitrogens is 1. The second-order valence-electron chi connectivity index (χ2n) is 7.54. The number of allylic oxidation sites excluding steroid dienone is 1. The first kappa shape index (κ1) is 20.9. The molecule has 0 saturated heterocycles. The van der Waals surface area contributed by atoms with Crippen molar-refractivity contribution in [2.45, 2.75) is 32.4 Å². The standard InChI is InChI=1S/C22H24F2N4O3/c1-12(9-25-2)15-7-16-13(10-26-15)11-27(22(29)28(16)14-5-6-14)21-19(23)17(30-3)8-18(31-4)20(21)24/h7-10,14,25H,5-6,11H2,1-4H3/b12-9+. The molecule has 7 nitrogen and oxygen atoms in total. The van der Waals surface area contributed by atoms with Crippen molar-refractivity contribution in [2.75, 3.05) is 31.1 Å². The third-order valence-corrected chi connectivity index (χ3v) is 5.48. The second kappa shape index (κ2) is 8.05. The number of carbonyl (C=O) groups is 1. The summed E-state index contributed by atoms with van der Waals surface area (Å²) < 4.78 is 40.3. The molecular formula is C22H24F2N4O3. The van der Waals surface area contributed by atoms with Crippen molar-refractivity contribution in [2.24, 2.45) is 0 Å². The Balaban J connectivity index is 1.84. The van der Waals surface area contributed by atoms with E-state index in [0.717, 1.165) is 35.1 Å². The van der Waals surface area contributed by atoms with Crippen molar-refractivity contribution in [3.63, 3.8) is 0 Å². The summed E-state index contributed by atoms with van der Waals surface area (Å²) in [7, 11) is 4.34. The molecule has 1 saturated carbocycles. The third-order valence-electron chi connectivity index (χ3n) is 5.48. The highest BCUT2D eigenvalue weighted by atomic mass is 19.1. The number of halogens is 2. The smallest absolute Gasteiger partial charge is 0.329 e. The zero-order valence-electron chi connectivity index (χ0n) is 17.8. The molecule has 1 aromatic carbocycles. The Morgan fingerprint density at radius 1 is 1.19 bits per heavy atom. The van der Waals surface area contributed by atoms with Crippen LogP contribution in [0.1, 0.15) is 31.0 Å². The van der Waals surface area contributed by atoms with Gasteiger partial charge < -0.3 is 14.8 Å². The number of nitrogens with one attached hydrogen (secondary N) is 1. The Labute approximate surface area is 179 Å². The van der Waals surface area contributed by atoms with Crippen LogP contribution in [0.4, 0.5) is 25.0 Å². The van der Waals surface area contributed by atoms with Gasteiger partial charge in [-0.15, -0.1) is 0 Å². The summed E-state index contributed by atoms with van der Waals surface area (Å²) in [5, 5.41) is 2.97. The molecule has 1 aromatic heterocycles. The fourth-order valence-corrected chi connectivity index (χ4v) is 3.77. The normalized spacial score (nSPS) is 16.3. The number of methoxy groups -OCH3 is 2. The quantitative estimate of drug-likeness (QED) is 0.749. The molecule has 2 heterocycles. The summed E-state index contributed by atoms with van der Waals surface area (Å²) in [6.07, 6.45) is 5.13. The maximum Gasteiger partial charge on any atom is 0.329 e. The molecule has 0 atom stereocenters. The number of urea groups is 1. The maximum atomic E-state index is 15.1. The number of rotatable bonds is 6. The van der Waals surface area contributed by atoms with Crippen LogP contribution in [0, 0.1) is 11.6 Å². The molecule has 2 aromatic rings. The molecule has 2 amide bonds. The lowest BCUT2D eigenvalue weighted by atomic mass is 10.1. The average Bonchev–Trinajstić information content (AvgIpc) is 3.59. The second-order valence-corrected chi connectivity index (χ2v) is 7.54. The van der Waals surface area contributed by atoms with Crippen molar-refractivity contribution in [3.8, 4) is 11.5 Å². The van der Waals surface area contributed by atoms with Crippen LogP contribution in [0.2, 0.25) is 0 Å². The van der Waals surface area contributed by atoms with E-state index >= 15 is 8.78 Å². The summed E-state index contributed by atoms with van der Waals surface area (Å²) in [6, 6.07) is 2.47. The minimum absolute atomic E-state index is 0.0171. The molecule has 2 aliphatic rings. The van der Waals surface area contributed by atoms with E-state index in [-0.39, 0.29) is 24.1 Å². The molecule has 0 radical (unpaired) electrons. The number of hydrogen-bond donors (Lipinski definition) is 1. The fourth-order valence-electron chi connectivity index (χ4n) is 3.77. The maximum absolute atomic E-state index is 15.1. The minimum atomic E-state index is -0.953. The van der Waals surface area contributed by atoms with E-state index in [1.54, 1.807) is 18.1 Å². The van der Waals surface area contributed by atoms with Crippen LogP contribution in [0.25, 0.3) is 5.57 Å². The highest BCUT2D eigenvalue weighted by molar-refractivity contribution is 6.07. The SMILES string of the molecule is CN/C=C(\C)c1cc2c(cn1)CN(c1c(F)c(OC)cc(OC)c1F)C(=O)N2C1CC1. The Morgan fingerprint density at radius 3 is 2.39 bits per heavy atom. The van der Waals surface area contributed by atoms with E-state index in [4.69, 9.17) is 9.47 Å². The van der Waals surface area contributed by atoms with Gasteiger partial charge in [0.2, 0.25) is 0 Å². The summed E-state index contributed by atoms with van der Waals surface area (Å²) in [4.78, 5) is 20.7. The molecule has 4 rings (SSSR count). The lowest BCUT2D eigenvalue weighted by Crippen LogP contribution is -2.49. The van der Waals surface area contributed by atoms with Gasteiger partial charge in [0.15, 0.2) is 23.1 Å². The van der Waals surface area contributed by atoms with Crippen LogP contribution in [0.3, 0.4) is 0 Å². The van der Waals surface area contributed by atoms with Crippen LogP contribution < -0.4 is 24.6 Å². The first-order chi connectivity index (χ1) is 14.9. The highest BCUT2D eigenvalue weighted by Gasteiger charge is 2.43. The molecule has 1 aliphatic carbocycles. The summed E-state index contributed by atoms with van der Waals surface area (Å²) in [6.45, 7) is 1.89. The Hall–Kier alpha value is -3.36. The van der Waals surface area contributed by atoms with E-state index in [0.29, 0.717) is 11.3 Å². The van der Waals surface area contributed by atoms with Crippen molar-refractivity contribution < 1.29 is 23.0 Å². The van der Waals surface area contributed by atoms with Gasteiger partial charge in [0, 0.05) is 37.1 Å². The largest absolute Gasteiger partial charge is 0.493 e. The summed E-state index contributed by atoms with van der Waals surface area (Å²) >= 11 is 0. The number of ether oxygens (including phenoxy) is 2. The molecule has 0 spiro atoms. The number of anilines is 2. The lowest BCUT2D eigenvalue weighted by Gasteiger charge is -2.37. The Morgan fingerprint density at radius 2 is 1.84 bits per heavy atom. The minimum Gasteiger partial charge on any atom is -0.493 e. The van der Waals surface area contributed by atoms with Crippen LogP contribution in [0.5, 0.6) is 11.5 Å². The van der Waals surface area contributed by atoms with Crippen LogP contribution in [0.15, 0.2) is 24.5 Å². The van der Waals surface area contributed by atoms with Gasteiger partial charge in [0.1, 0.15) is 5.69 Å². The first-order valence-corrected chi connectivity index (χ1v) is 9.95. The van der Waals surface area contributed by atoms with E-state index < -0.39 is 23.4 Å². The van der Waals surface area contributed by atoms with E-state index in [1.165, 1.54) is 14.2 Å². The van der Waals surface area contributed by atoms with Crippen molar-refractivity contribution in [1.82, 2.24) is 10.3 Å². The van der Waals surface area contributed by atoms with Crippen molar-refractivity contribution in [1.29, 1.82) is 0 Å². The Bertz CT molecular complexity index is 1040. The predicted molar refractivity (Wildman–Crippen MR) is 113 cm³/mol. The van der Waals surface area contributed by atoms with E-state index in [1.807, 2.05) is 19.2 Å². The predicted octanol–water partition coefficient (Wildman–Crippen LogP) is 4.07. The van der Waals surface area contributed by atoms with Crippen molar-refractivity contribution in [3.05, 3.63) is 47.4 Å². The van der Waals surface area contributed by atoms with Crippen LogP contribution in [-0.2, 0) is 6.54 Å². The van der Waals surface area contributed by atoms with Gasteiger partial charge in [-0.25, -0.2) is 13.6 Å². The molecule has 1 N–H and O–H groups in total.